The van der Waals surface area contributed by atoms with Gasteiger partial charge in [-0.25, -0.2) is 4.39 Å². The minimum atomic E-state index is -7.06. The zero-order valence-electron chi connectivity index (χ0n) is 10.3. The highest BCUT2D eigenvalue weighted by Gasteiger charge is 2.90. The van der Waals surface area contributed by atoms with Gasteiger partial charge in [0.1, 0.15) is 5.57 Å². The summed E-state index contributed by atoms with van der Waals surface area (Å²) in [6.07, 6.45) is -7.06. The fraction of sp³-hybridized carbons (Fsp3) is 0.778. The van der Waals surface area contributed by atoms with Crippen LogP contribution in [0.25, 0.3) is 0 Å². The van der Waals surface area contributed by atoms with Crippen LogP contribution in [-0.2, 0) is 4.74 Å². The van der Waals surface area contributed by atoms with Gasteiger partial charge in [0.25, 0.3) is 0 Å². The molecule has 1 aliphatic rings. The molecule has 0 aromatic heterocycles. The van der Waals surface area contributed by atoms with Gasteiger partial charge in [-0.2, -0.15) is 52.7 Å². The van der Waals surface area contributed by atoms with Gasteiger partial charge in [0.2, 0.25) is 0 Å². The Morgan fingerprint density at radius 3 is 1.48 bits per heavy atom. The third kappa shape index (κ3) is 2.05. The van der Waals surface area contributed by atoms with E-state index in [2.05, 4.69) is 4.74 Å². The lowest BCUT2D eigenvalue weighted by molar-refractivity contribution is -0.395. The SMILES string of the molecule is COC1(F)C(C(F)(F)C(F)(F)F)=C(F)C(F)(F)C(F)(F)C1(F)F. The van der Waals surface area contributed by atoms with Crippen molar-refractivity contribution >= 4 is 0 Å². The summed E-state index contributed by atoms with van der Waals surface area (Å²) in [6, 6.07) is 0. The number of halogens is 13. The van der Waals surface area contributed by atoms with Gasteiger partial charge in [-0.15, -0.1) is 0 Å². The van der Waals surface area contributed by atoms with Crippen molar-refractivity contribution in [2.24, 2.45) is 0 Å². The summed E-state index contributed by atoms with van der Waals surface area (Å²) in [5.41, 5.74) is -4.28. The molecule has 1 unspecified atom stereocenters. The van der Waals surface area contributed by atoms with Gasteiger partial charge in [-0.1, -0.05) is 0 Å². The van der Waals surface area contributed by atoms with Crippen molar-refractivity contribution in [3.63, 3.8) is 0 Å². The Morgan fingerprint density at radius 1 is 0.783 bits per heavy atom. The number of hydrogen-bond donors (Lipinski definition) is 0. The second-order valence-electron chi connectivity index (χ2n) is 4.28. The zero-order valence-corrected chi connectivity index (χ0v) is 10.3. The van der Waals surface area contributed by atoms with E-state index in [4.69, 9.17) is 0 Å². The average Bonchev–Trinajstić information content (AvgIpc) is 2.34. The summed E-state index contributed by atoms with van der Waals surface area (Å²) >= 11 is 0. The highest BCUT2D eigenvalue weighted by molar-refractivity contribution is 5.40. The fourth-order valence-electron chi connectivity index (χ4n) is 1.70. The van der Waals surface area contributed by atoms with Gasteiger partial charge in [0.05, 0.1) is 0 Å². The minimum absolute atomic E-state index is 0.410. The molecule has 0 bridgehead atoms. The first-order valence-corrected chi connectivity index (χ1v) is 5.07. The molecule has 0 amide bonds. The van der Waals surface area contributed by atoms with E-state index in [0.717, 1.165) is 0 Å². The van der Waals surface area contributed by atoms with Crippen LogP contribution in [0, 0.1) is 0 Å². The molecule has 0 aromatic rings. The van der Waals surface area contributed by atoms with E-state index < -0.39 is 54.2 Å². The van der Waals surface area contributed by atoms with Gasteiger partial charge in [0, 0.05) is 7.11 Å². The maximum atomic E-state index is 13.8. The molecular weight excluding hydrogens is 371 g/mol. The first kappa shape index (κ1) is 19.8. The lowest BCUT2D eigenvalue weighted by Crippen LogP contribution is -2.71. The van der Waals surface area contributed by atoms with Crippen molar-refractivity contribution in [2.45, 2.75) is 35.7 Å². The maximum absolute atomic E-state index is 13.8. The normalized spacial score (nSPS) is 30.5. The Morgan fingerprint density at radius 2 is 1.17 bits per heavy atom. The molecule has 0 saturated carbocycles. The molecule has 1 atom stereocenters. The third-order valence-corrected chi connectivity index (χ3v) is 2.96. The van der Waals surface area contributed by atoms with E-state index in [1.807, 2.05) is 0 Å². The van der Waals surface area contributed by atoms with E-state index >= 15 is 0 Å². The standard InChI is InChI=1S/C9H3F13O/c1-23-6(15)2(4(11,12)9(20,21)22)3(10)5(13,14)7(16,17)8(6,18)19/h1H3. The number of hydrogen-bond acceptors (Lipinski definition) is 1. The van der Waals surface area contributed by atoms with Crippen molar-refractivity contribution in [1.82, 2.24) is 0 Å². The summed E-state index contributed by atoms with van der Waals surface area (Å²) in [5.74, 6) is -38.4. The Hall–Kier alpha value is -1.21. The van der Waals surface area contributed by atoms with Gasteiger partial charge in [0.15, 0.2) is 5.83 Å². The van der Waals surface area contributed by atoms with Crippen molar-refractivity contribution < 1.29 is 61.8 Å². The molecule has 0 heterocycles. The zero-order chi connectivity index (χ0) is 18.9. The van der Waals surface area contributed by atoms with Crippen LogP contribution in [0.3, 0.4) is 0 Å². The Labute approximate surface area is 117 Å². The molecule has 0 spiro atoms. The van der Waals surface area contributed by atoms with E-state index in [0.29, 0.717) is 0 Å². The van der Waals surface area contributed by atoms with Crippen LogP contribution >= 0.6 is 0 Å². The van der Waals surface area contributed by atoms with Gasteiger partial charge in [-0.05, 0) is 0 Å². The Bertz CT molecular complexity index is 530. The molecule has 1 nitrogen and oxygen atoms in total. The largest absolute Gasteiger partial charge is 0.458 e. The summed E-state index contributed by atoms with van der Waals surface area (Å²) in [5, 5.41) is 0. The number of methoxy groups -OCH3 is 1. The van der Waals surface area contributed by atoms with Gasteiger partial charge < -0.3 is 4.74 Å². The highest BCUT2D eigenvalue weighted by atomic mass is 19.4. The molecule has 1 aliphatic carbocycles. The molecule has 14 heteroatoms. The molecule has 1 rings (SSSR count). The fourth-order valence-corrected chi connectivity index (χ4v) is 1.70. The topological polar surface area (TPSA) is 9.23 Å². The Kier molecular flexibility index (Phi) is 4.02. The molecule has 0 radical (unpaired) electrons. The Balaban J connectivity index is 3.99. The van der Waals surface area contributed by atoms with E-state index in [-0.39, 0.29) is 0 Å². The van der Waals surface area contributed by atoms with Crippen LogP contribution in [0.15, 0.2) is 11.4 Å². The van der Waals surface area contributed by atoms with E-state index in [9.17, 15) is 57.1 Å². The third-order valence-electron chi connectivity index (χ3n) is 2.96. The van der Waals surface area contributed by atoms with Crippen molar-refractivity contribution in [1.29, 1.82) is 0 Å². The van der Waals surface area contributed by atoms with Crippen LogP contribution in [0.5, 0.6) is 0 Å². The van der Waals surface area contributed by atoms with Crippen molar-refractivity contribution in [3.05, 3.63) is 11.4 Å². The first-order chi connectivity index (χ1) is 9.84. The first-order valence-electron chi connectivity index (χ1n) is 5.07. The van der Waals surface area contributed by atoms with Gasteiger partial charge >= 0.3 is 35.7 Å². The summed E-state index contributed by atoms with van der Waals surface area (Å²) < 4.78 is 170. The monoisotopic (exact) mass is 374 g/mol. The number of ether oxygens (including phenoxy) is 1. The van der Waals surface area contributed by atoms with E-state index in [1.54, 1.807) is 0 Å². The van der Waals surface area contributed by atoms with Crippen molar-refractivity contribution in [2.75, 3.05) is 7.11 Å². The van der Waals surface area contributed by atoms with E-state index in [1.165, 1.54) is 0 Å². The quantitative estimate of drug-likeness (QED) is 0.640. The number of allylic oxidation sites excluding steroid dienone is 1. The maximum Gasteiger partial charge on any atom is 0.458 e. The summed E-state index contributed by atoms with van der Waals surface area (Å²) in [7, 11) is -0.410. The predicted molar refractivity (Wildman–Crippen MR) is 44.8 cm³/mol. The molecule has 136 valence electrons. The van der Waals surface area contributed by atoms with Crippen LogP contribution in [0.2, 0.25) is 0 Å². The molecule has 0 fully saturated rings. The predicted octanol–water partition coefficient (Wildman–Crippen LogP) is 4.64. The molecule has 23 heavy (non-hydrogen) atoms. The second kappa shape index (κ2) is 4.66. The van der Waals surface area contributed by atoms with Crippen LogP contribution in [-0.4, -0.2) is 42.8 Å². The van der Waals surface area contributed by atoms with Gasteiger partial charge in [-0.3, -0.25) is 0 Å². The molecular formula is C9H3F13O. The molecule has 0 N–H and O–H groups in total. The average molecular weight is 374 g/mol. The van der Waals surface area contributed by atoms with Crippen LogP contribution < -0.4 is 0 Å². The number of rotatable bonds is 2. The molecule has 0 saturated heterocycles. The lowest BCUT2D eigenvalue weighted by Gasteiger charge is -2.46. The van der Waals surface area contributed by atoms with Crippen LogP contribution in [0.1, 0.15) is 0 Å². The minimum Gasteiger partial charge on any atom is -0.341 e. The highest BCUT2D eigenvalue weighted by Crippen LogP contribution is 2.65. The summed E-state index contributed by atoms with van der Waals surface area (Å²) in [6.45, 7) is 0. The smallest absolute Gasteiger partial charge is 0.341 e. The lowest BCUT2D eigenvalue weighted by atomic mass is 9.80. The van der Waals surface area contributed by atoms with Crippen molar-refractivity contribution in [3.8, 4) is 0 Å². The summed E-state index contributed by atoms with van der Waals surface area (Å²) in [4.78, 5) is 0. The molecule has 0 aliphatic heterocycles. The number of alkyl halides is 12. The van der Waals surface area contributed by atoms with Crippen LogP contribution in [0.4, 0.5) is 57.1 Å². The second-order valence-corrected chi connectivity index (χ2v) is 4.28. The molecule has 0 aromatic carbocycles.